The minimum absolute atomic E-state index is 0.0775. The van der Waals surface area contributed by atoms with Crippen LogP contribution in [0, 0.1) is 0 Å². The van der Waals surface area contributed by atoms with Crippen molar-refractivity contribution in [1.29, 1.82) is 0 Å². The number of hydrogen-bond donors (Lipinski definition) is 0. The van der Waals surface area contributed by atoms with Crippen LogP contribution in [0.4, 0.5) is 52.7 Å². The predicted octanol–water partition coefficient (Wildman–Crippen LogP) is 7.02. The van der Waals surface area contributed by atoms with E-state index in [0.29, 0.717) is 32.2 Å². The maximum absolute atomic E-state index is 14.0. The van der Waals surface area contributed by atoms with Gasteiger partial charge < -0.3 is 4.13 Å². The van der Waals surface area contributed by atoms with E-state index < -0.39 is 72.4 Å². The molecular weight excluding hydrogens is 860 g/mol. The molecule has 0 aliphatic heterocycles. The Hall–Kier alpha value is -1.48. The largest absolute Gasteiger partial charge is 0.480 e. The summed E-state index contributed by atoms with van der Waals surface area (Å²) in [6.07, 6.45) is 5.76. The van der Waals surface area contributed by atoms with Gasteiger partial charge in [0.1, 0.15) is 0 Å². The zero-order valence-corrected chi connectivity index (χ0v) is 32.8. The molecule has 0 aliphatic rings. The van der Waals surface area contributed by atoms with Crippen molar-refractivity contribution in [2.24, 2.45) is 7.05 Å². The topological polar surface area (TPSA) is 163 Å². The van der Waals surface area contributed by atoms with Crippen molar-refractivity contribution in [3.05, 3.63) is 22.8 Å². The van der Waals surface area contributed by atoms with Gasteiger partial charge in [0.25, 0.3) is 0 Å². The summed E-state index contributed by atoms with van der Waals surface area (Å²) in [7, 11) is -25.5. The Balaban J connectivity index is 0.00000151. The van der Waals surface area contributed by atoms with Gasteiger partial charge in [0, 0.05) is 0 Å². The standard InChI is InChI=1S/C22H41F6N3O4PS2.C2F6NO4S2/c1-5-8-16-36(17-9-6-2,18-10-7-3,19-12-11-13-30-15-14-29(4)20-30)31(37(32,33)21(23,24)25)38(34,35)22(26,27)28;3-1(4,5)14(10,11)9-15(12,13)2(6,7)8/h14-15,20H,5-13,16-19H2,1-4H3;/q+1;-1. The summed E-state index contributed by atoms with van der Waals surface area (Å²) in [4.78, 5) is 0. The fourth-order valence-electron chi connectivity index (χ4n) is 5.26. The number of aromatic nitrogens is 2. The van der Waals surface area contributed by atoms with E-state index in [-0.39, 0.29) is 50.3 Å². The molecule has 1 aromatic heterocycles. The van der Waals surface area contributed by atoms with Crippen molar-refractivity contribution in [3.63, 3.8) is 0 Å². The summed E-state index contributed by atoms with van der Waals surface area (Å²) in [6.45, 7) is 0.442. The van der Waals surface area contributed by atoms with Gasteiger partial charge in [-0.3, -0.25) is 0 Å². The van der Waals surface area contributed by atoms with Crippen molar-refractivity contribution >= 4 is 46.8 Å². The molecule has 0 spiro atoms. The minimum atomic E-state index is -6.90. The number of unbranched alkanes of at least 4 members (excludes halogenated alkanes) is 4. The number of aryl methyl sites for hydroxylation is 2. The van der Waals surface area contributed by atoms with Crippen LogP contribution in [-0.4, -0.2) is 88.4 Å². The van der Waals surface area contributed by atoms with Crippen LogP contribution in [0.1, 0.15) is 72.1 Å². The summed E-state index contributed by atoms with van der Waals surface area (Å²) in [5.74, 6) is 0. The Morgan fingerprint density at radius 2 is 0.925 bits per heavy atom. The van der Waals surface area contributed by atoms with Gasteiger partial charge in [-0.15, -0.1) is 0 Å². The number of rotatable bonds is 19. The van der Waals surface area contributed by atoms with Gasteiger partial charge in [-0.25, -0.2) is 16.8 Å². The van der Waals surface area contributed by atoms with Gasteiger partial charge in [-0.2, -0.15) is 26.3 Å². The van der Waals surface area contributed by atoms with E-state index in [0.717, 1.165) is 4.13 Å². The molecule has 318 valence electrons. The molecule has 12 nitrogen and oxygen atoms in total. The molecule has 0 saturated carbocycles. The Morgan fingerprint density at radius 3 is 1.19 bits per heavy atom. The number of alkyl halides is 12. The zero-order valence-electron chi connectivity index (χ0n) is 28.6. The molecule has 0 unspecified atom stereocenters. The predicted molar refractivity (Wildman–Crippen MR) is 171 cm³/mol. The molecule has 0 radical (unpaired) electrons. The van der Waals surface area contributed by atoms with Gasteiger partial charge in [0.15, 0.2) is 20.0 Å². The van der Waals surface area contributed by atoms with Crippen LogP contribution in [0.2, 0.25) is 0 Å². The SMILES string of the molecule is CCCCP(CCCC)(CCCC)(CCCCn1cc[n+](C)c1)N(S(=O)(=O)C(F)(F)F)S(=O)(=O)C(F)(F)F.O=S(=O)([N-]S(=O)(=O)C(F)(F)F)C(F)(F)F. The molecule has 0 amide bonds. The molecule has 1 aromatic rings. The molecule has 1 rings (SSSR count). The van der Waals surface area contributed by atoms with E-state index in [1.807, 2.05) is 0 Å². The van der Waals surface area contributed by atoms with Gasteiger partial charge >= 0.3 is 234 Å². The monoisotopic (exact) mass is 900 g/mol. The number of imidazole rings is 1. The first-order valence-corrected chi connectivity index (χ1v) is 24.1. The molecule has 0 N–H and O–H groups in total. The molecule has 1 heterocycles. The number of halogens is 12. The third-order valence-corrected chi connectivity index (χ3v) is 24.5. The van der Waals surface area contributed by atoms with Gasteiger partial charge in [-0.1, -0.05) is 0 Å². The molecule has 0 saturated heterocycles. The maximum atomic E-state index is 14.0. The van der Waals surface area contributed by atoms with Crippen molar-refractivity contribution < 1.29 is 90.9 Å². The van der Waals surface area contributed by atoms with Crippen molar-refractivity contribution in [3.8, 4) is 0 Å². The van der Waals surface area contributed by atoms with E-state index in [9.17, 15) is 86.4 Å². The average Bonchev–Trinajstić information content (AvgIpc) is 3.38. The van der Waals surface area contributed by atoms with Gasteiger partial charge in [-0.05, 0) is 0 Å². The minimum Gasteiger partial charge on any atom is -0.421 e. The van der Waals surface area contributed by atoms with Crippen LogP contribution in [0.5, 0.6) is 0 Å². The van der Waals surface area contributed by atoms with E-state index in [1.54, 1.807) is 55.7 Å². The first kappa shape index (κ1) is 51.5. The number of sulfonamides is 4. The Labute approximate surface area is 300 Å². The second-order valence-electron chi connectivity index (χ2n) is 11.9. The molecule has 0 aliphatic carbocycles. The first-order valence-electron chi connectivity index (χ1n) is 15.4. The third kappa shape index (κ3) is 12.8. The smallest absolute Gasteiger partial charge is 0.421 e. The van der Waals surface area contributed by atoms with E-state index >= 15 is 0 Å². The quantitative estimate of drug-likeness (QED) is 0.0619. The molecule has 0 bridgehead atoms. The van der Waals surface area contributed by atoms with E-state index in [1.165, 1.54) is 0 Å². The molecule has 0 fully saturated rings. The molecule has 53 heavy (non-hydrogen) atoms. The molecule has 0 atom stereocenters. The average molecular weight is 901 g/mol. The summed E-state index contributed by atoms with van der Waals surface area (Å²) in [5.41, 5.74) is -24.9. The summed E-state index contributed by atoms with van der Waals surface area (Å²) >= 11 is 0. The number of nitrogens with zero attached hydrogens (tertiary/aromatic N) is 4. The number of hydrogen-bond acceptors (Lipinski definition) is 8. The van der Waals surface area contributed by atoms with Crippen molar-refractivity contribution in [2.45, 2.75) is 101 Å². The Kier molecular flexibility index (Phi) is 17.7. The Morgan fingerprint density at radius 1 is 0.585 bits per heavy atom. The van der Waals surface area contributed by atoms with Crippen LogP contribution >= 0.6 is 6.75 Å². The van der Waals surface area contributed by atoms with Gasteiger partial charge in [0.2, 0.25) is 0 Å². The van der Waals surface area contributed by atoms with Crippen LogP contribution in [0.3, 0.4) is 0 Å². The molecular formula is C24H41F12N4O8PS4. The van der Waals surface area contributed by atoms with E-state index in [4.69, 9.17) is 0 Å². The first-order chi connectivity index (χ1) is 23.5. The molecule has 0 aromatic carbocycles. The van der Waals surface area contributed by atoms with Crippen molar-refractivity contribution in [1.82, 2.24) is 8.05 Å². The van der Waals surface area contributed by atoms with Crippen LogP contribution in [0.25, 0.3) is 4.13 Å². The maximum Gasteiger partial charge on any atom is 0.480 e. The second kappa shape index (κ2) is 18.2. The fourth-order valence-corrected chi connectivity index (χ4v) is 22.7. The fraction of sp³-hybridized carbons (Fsp3) is 0.875. The summed E-state index contributed by atoms with van der Waals surface area (Å²) in [6, 6.07) is 0. The van der Waals surface area contributed by atoms with Crippen LogP contribution in [-0.2, 0) is 53.7 Å². The zero-order chi connectivity index (χ0) is 42.2. The summed E-state index contributed by atoms with van der Waals surface area (Å²) in [5, 5.41) is 0. The van der Waals surface area contributed by atoms with E-state index in [2.05, 4.69) is 0 Å². The van der Waals surface area contributed by atoms with Gasteiger partial charge in [0.05, 0.1) is 0 Å². The summed E-state index contributed by atoms with van der Waals surface area (Å²) < 4.78 is 248. The van der Waals surface area contributed by atoms with Crippen LogP contribution < -0.4 is 4.57 Å². The normalized spacial score (nSPS) is 15.2. The van der Waals surface area contributed by atoms with Crippen LogP contribution in [0.15, 0.2) is 18.7 Å². The van der Waals surface area contributed by atoms with Crippen molar-refractivity contribution in [2.75, 3.05) is 24.6 Å². The molecule has 29 heteroatoms. The Bertz CT molecular complexity index is 1670. The third-order valence-electron chi connectivity index (χ3n) is 7.72. The second-order valence-corrected chi connectivity index (χ2v) is 25.6.